The maximum Gasteiger partial charge on any atom is 0.168 e. The quantitative estimate of drug-likeness (QED) is 0.709. The van der Waals surface area contributed by atoms with Crippen molar-refractivity contribution in [1.29, 1.82) is 0 Å². The molecule has 2 aliphatic rings. The van der Waals surface area contributed by atoms with Crippen LogP contribution >= 0.6 is 0 Å². The van der Waals surface area contributed by atoms with Gasteiger partial charge in [0.25, 0.3) is 0 Å². The zero-order chi connectivity index (χ0) is 13.2. The maximum absolute atomic E-state index is 13.7. The van der Waals surface area contributed by atoms with Gasteiger partial charge in [-0.15, -0.1) is 0 Å². The molecule has 1 aromatic rings. The third-order valence-corrected chi connectivity index (χ3v) is 5.05. The van der Waals surface area contributed by atoms with Crippen molar-refractivity contribution in [2.24, 2.45) is 17.8 Å². The number of Topliss-reactive ketones (excluding diaryl/α,β-unsaturated/α-hetero) is 1. The molecule has 2 saturated carbocycles. The summed E-state index contributed by atoms with van der Waals surface area (Å²) in [5, 5.41) is 0. The van der Waals surface area contributed by atoms with Crippen molar-refractivity contribution < 1.29 is 9.18 Å². The van der Waals surface area contributed by atoms with Crippen LogP contribution in [0.2, 0.25) is 0 Å². The van der Waals surface area contributed by atoms with E-state index in [1.54, 1.807) is 18.2 Å². The zero-order valence-corrected chi connectivity index (χ0v) is 11.3. The van der Waals surface area contributed by atoms with Crippen LogP contribution in [0.4, 0.5) is 4.39 Å². The Bertz CT molecular complexity index is 468. The van der Waals surface area contributed by atoms with E-state index in [1.165, 1.54) is 31.7 Å². The van der Waals surface area contributed by atoms with E-state index in [1.807, 2.05) is 0 Å². The largest absolute Gasteiger partial charge is 0.294 e. The summed E-state index contributed by atoms with van der Waals surface area (Å²) in [5.41, 5.74) is 0.293. The van der Waals surface area contributed by atoms with Gasteiger partial charge in [0.1, 0.15) is 5.82 Å². The van der Waals surface area contributed by atoms with Crippen molar-refractivity contribution in [1.82, 2.24) is 0 Å². The summed E-state index contributed by atoms with van der Waals surface area (Å²) >= 11 is 0. The molecule has 3 atom stereocenters. The Morgan fingerprint density at radius 2 is 1.74 bits per heavy atom. The van der Waals surface area contributed by atoms with Crippen molar-refractivity contribution in [3.63, 3.8) is 0 Å². The molecule has 0 saturated heterocycles. The van der Waals surface area contributed by atoms with E-state index < -0.39 is 0 Å². The summed E-state index contributed by atoms with van der Waals surface area (Å²) in [6.45, 7) is 0. The van der Waals surface area contributed by atoms with Crippen LogP contribution in [-0.2, 0) is 0 Å². The molecule has 19 heavy (non-hydrogen) atoms. The van der Waals surface area contributed by atoms with Gasteiger partial charge in [0.05, 0.1) is 5.56 Å². The molecule has 0 aromatic heterocycles. The molecule has 0 amide bonds. The number of benzene rings is 1. The van der Waals surface area contributed by atoms with Crippen LogP contribution in [-0.4, -0.2) is 5.78 Å². The first-order chi connectivity index (χ1) is 9.25. The van der Waals surface area contributed by atoms with Gasteiger partial charge in [-0.05, 0) is 43.2 Å². The number of carbonyl (C=O) groups excluding carboxylic acids is 1. The second-order valence-corrected chi connectivity index (χ2v) is 6.16. The maximum atomic E-state index is 13.7. The molecule has 2 heteroatoms. The summed E-state index contributed by atoms with van der Waals surface area (Å²) in [6, 6.07) is 6.41. The standard InChI is InChI=1S/C17H21FO/c18-16-8-4-3-7-15(16)17(19)14-10-9-12-5-1-2-6-13(12)11-14/h3-4,7-8,12-14H,1-2,5-6,9-11H2. The highest BCUT2D eigenvalue weighted by atomic mass is 19.1. The Hall–Kier alpha value is -1.18. The predicted octanol–water partition coefficient (Wildman–Crippen LogP) is 4.61. The van der Waals surface area contributed by atoms with Crippen molar-refractivity contribution in [2.75, 3.05) is 0 Å². The molecule has 3 unspecified atom stereocenters. The fourth-order valence-electron chi connectivity index (χ4n) is 3.99. The SMILES string of the molecule is O=C(c1ccccc1F)C1CCC2CCCCC2C1. The normalized spacial score (nSPS) is 30.7. The average Bonchev–Trinajstić information content (AvgIpc) is 2.46. The van der Waals surface area contributed by atoms with Crippen LogP contribution < -0.4 is 0 Å². The second-order valence-electron chi connectivity index (χ2n) is 6.16. The van der Waals surface area contributed by atoms with Crippen molar-refractivity contribution in [3.05, 3.63) is 35.6 Å². The minimum Gasteiger partial charge on any atom is -0.294 e. The summed E-state index contributed by atoms with van der Waals surface area (Å²) in [6.07, 6.45) is 8.37. The lowest BCUT2D eigenvalue weighted by molar-refractivity contribution is 0.0759. The van der Waals surface area contributed by atoms with E-state index in [2.05, 4.69) is 0 Å². The minimum absolute atomic E-state index is 0.0297. The Morgan fingerprint density at radius 1 is 1.00 bits per heavy atom. The molecule has 0 heterocycles. The van der Waals surface area contributed by atoms with Crippen LogP contribution in [0.1, 0.15) is 55.3 Å². The minimum atomic E-state index is -0.363. The summed E-state index contributed by atoms with van der Waals surface area (Å²) in [4.78, 5) is 12.5. The molecule has 0 spiro atoms. The van der Waals surface area contributed by atoms with Gasteiger partial charge < -0.3 is 0 Å². The Labute approximate surface area is 114 Å². The smallest absolute Gasteiger partial charge is 0.168 e. The van der Waals surface area contributed by atoms with Gasteiger partial charge in [-0.3, -0.25) is 4.79 Å². The lowest BCUT2D eigenvalue weighted by atomic mass is 9.66. The van der Waals surface area contributed by atoms with E-state index in [0.717, 1.165) is 25.2 Å². The molecule has 1 aromatic carbocycles. The van der Waals surface area contributed by atoms with E-state index >= 15 is 0 Å². The molecule has 0 aliphatic heterocycles. The van der Waals surface area contributed by atoms with Crippen LogP contribution in [0.3, 0.4) is 0 Å². The molecule has 0 radical (unpaired) electrons. The summed E-state index contributed by atoms with van der Waals surface area (Å²) < 4.78 is 13.7. The molecule has 3 rings (SSSR count). The monoisotopic (exact) mass is 260 g/mol. The first-order valence-corrected chi connectivity index (χ1v) is 7.54. The Balaban J connectivity index is 1.73. The van der Waals surface area contributed by atoms with Gasteiger partial charge in [-0.2, -0.15) is 0 Å². The van der Waals surface area contributed by atoms with Gasteiger partial charge in [-0.1, -0.05) is 37.8 Å². The highest BCUT2D eigenvalue weighted by molar-refractivity contribution is 5.98. The van der Waals surface area contributed by atoms with E-state index in [0.29, 0.717) is 11.5 Å². The van der Waals surface area contributed by atoms with Gasteiger partial charge in [-0.25, -0.2) is 4.39 Å². The van der Waals surface area contributed by atoms with Crippen molar-refractivity contribution in [2.45, 2.75) is 44.9 Å². The molecule has 2 aliphatic carbocycles. The van der Waals surface area contributed by atoms with Crippen LogP contribution in [0.5, 0.6) is 0 Å². The van der Waals surface area contributed by atoms with Crippen molar-refractivity contribution >= 4 is 5.78 Å². The molecule has 0 N–H and O–H groups in total. The molecular weight excluding hydrogens is 239 g/mol. The fraction of sp³-hybridized carbons (Fsp3) is 0.588. The third kappa shape index (κ3) is 2.58. The number of carbonyl (C=O) groups is 1. The first-order valence-electron chi connectivity index (χ1n) is 7.54. The predicted molar refractivity (Wildman–Crippen MR) is 73.5 cm³/mol. The molecule has 1 nitrogen and oxygen atoms in total. The van der Waals surface area contributed by atoms with Gasteiger partial charge >= 0.3 is 0 Å². The van der Waals surface area contributed by atoms with E-state index in [9.17, 15) is 9.18 Å². The number of rotatable bonds is 2. The van der Waals surface area contributed by atoms with Crippen molar-refractivity contribution in [3.8, 4) is 0 Å². The number of fused-ring (bicyclic) bond motifs is 1. The number of hydrogen-bond donors (Lipinski definition) is 0. The topological polar surface area (TPSA) is 17.1 Å². The zero-order valence-electron chi connectivity index (χ0n) is 11.3. The van der Waals surface area contributed by atoms with E-state index in [4.69, 9.17) is 0 Å². The highest BCUT2D eigenvalue weighted by Crippen LogP contribution is 2.43. The average molecular weight is 260 g/mol. The van der Waals surface area contributed by atoms with Crippen LogP contribution in [0.15, 0.2) is 24.3 Å². The molecule has 0 bridgehead atoms. The lowest BCUT2D eigenvalue weighted by Gasteiger charge is -2.38. The second kappa shape index (κ2) is 5.44. The summed E-state index contributed by atoms with van der Waals surface area (Å²) in [7, 11) is 0. The van der Waals surface area contributed by atoms with Gasteiger partial charge in [0, 0.05) is 5.92 Å². The molecule has 2 fully saturated rings. The first kappa shape index (κ1) is 12.8. The fourth-order valence-corrected chi connectivity index (χ4v) is 3.99. The molecular formula is C17H21FO. The number of hydrogen-bond acceptors (Lipinski definition) is 1. The van der Waals surface area contributed by atoms with Crippen LogP contribution in [0.25, 0.3) is 0 Å². The number of halogens is 1. The molecule has 102 valence electrons. The Kier molecular flexibility index (Phi) is 3.67. The summed E-state index contributed by atoms with van der Waals surface area (Å²) in [5.74, 6) is 1.26. The number of ketones is 1. The third-order valence-electron chi connectivity index (χ3n) is 5.05. The van der Waals surface area contributed by atoms with E-state index in [-0.39, 0.29) is 17.5 Å². The van der Waals surface area contributed by atoms with Gasteiger partial charge in [0.15, 0.2) is 5.78 Å². The highest BCUT2D eigenvalue weighted by Gasteiger charge is 2.35. The van der Waals surface area contributed by atoms with Crippen LogP contribution in [0, 0.1) is 23.6 Å². The Morgan fingerprint density at radius 3 is 2.53 bits per heavy atom. The van der Waals surface area contributed by atoms with Gasteiger partial charge in [0.2, 0.25) is 0 Å². The lowest BCUT2D eigenvalue weighted by Crippen LogP contribution is -2.31.